The molecule has 0 heterocycles. The van der Waals surface area contributed by atoms with Gasteiger partial charge in [0.2, 0.25) is 0 Å². The van der Waals surface area contributed by atoms with E-state index in [0.29, 0.717) is 0 Å². The van der Waals surface area contributed by atoms with E-state index in [4.69, 9.17) is 15.0 Å². The minimum Gasteiger partial charge on any atom is -1.00 e. The van der Waals surface area contributed by atoms with Crippen LogP contribution in [-0.4, -0.2) is 60.5 Å². The van der Waals surface area contributed by atoms with Crippen LogP contribution in [0.5, 0.6) is 0 Å². The van der Waals surface area contributed by atoms with Crippen molar-refractivity contribution in [3.8, 4) is 0 Å². The summed E-state index contributed by atoms with van der Waals surface area (Å²) in [5, 5.41) is 15.0. The molecule has 0 amide bonds. The van der Waals surface area contributed by atoms with Gasteiger partial charge in [-0.1, -0.05) is 0 Å². The average Bonchev–Trinajstić information content (AvgIpc) is 1.38. The van der Waals surface area contributed by atoms with E-state index in [1.807, 2.05) is 0 Å². The van der Waals surface area contributed by atoms with Crippen molar-refractivity contribution in [3.63, 3.8) is 0 Å². The van der Waals surface area contributed by atoms with Crippen LogP contribution in [0.3, 0.4) is 0 Å². The van der Waals surface area contributed by atoms with Gasteiger partial charge in [-0.2, -0.15) is 0 Å². The smallest absolute Gasteiger partial charge is 1.00 e. The number of aliphatic hydroxyl groups excluding tert-OH is 1. The van der Waals surface area contributed by atoms with Crippen molar-refractivity contribution in [1.29, 1.82) is 0 Å². The van der Waals surface area contributed by atoms with Gasteiger partial charge < -0.3 is 13.1 Å². The van der Waals surface area contributed by atoms with Crippen LogP contribution in [0.1, 0.15) is 2.85 Å². The summed E-state index contributed by atoms with van der Waals surface area (Å²) in [5.74, 6) is -1.19. The van der Waals surface area contributed by atoms with Gasteiger partial charge in [-0.05, 0) is 0 Å². The van der Waals surface area contributed by atoms with Crippen LogP contribution in [0.2, 0.25) is 0 Å². The largest absolute Gasteiger partial charge is 2.00 e. The number of rotatable bonds is 1. The molecule has 2 N–H and O–H groups in total. The fourth-order valence-corrected chi connectivity index (χ4v) is 0. The van der Waals surface area contributed by atoms with E-state index in [-0.39, 0.29) is 40.6 Å². The molecule has 0 aliphatic heterocycles. The summed E-state index contributed by atoms with van der Waals surface area (Å²) in [6.45, 7) is -0.778. The van der Waals surface area contributed by atoms with Gasteiger partial charge >= 0.3 is 43.7 Å². The fraction of sp³-hybridized carbons (Fsp3) is 0.500. The monoisotopic (exact) mass is 118 g/mol. The van der Waals surface area contributed by atoms with Crippen molar-refractivity contribution in [2.75, 3.05) is 6.61 Å². The van der Waals surface area contributed by atoms with E-state index in [2.05, 4.69) is 0 Å². The van der Waals surface area contributed by atoms with Gasteiger partial charge in [0.05, 0.1) is 0 Å². The van der Waals surface area contributed by atoms with Crippen molar-refractivity contribution in [3.05, 3.63) is 0 Å². The van der Waals surface area contributed by atoms with E-state index in [1.54, 1.807) is 0 Å². The minimum atomic E-state index is -1.19. The molecule has 0 saturated carbocycles. The van der Waals surface area contributed by atoms with Crippen molar-refractivity contribution in [2.24, 2.45) is 0 Å². The number of carboxylic acids is 1. The Kier molecular flexibility index (Phi) is 9.34. The van der Waals surface area contributed by atoms with Gasteiger partial charge in [-0.15, -0.1) is 0 Å². The Balaban J connectivity index is -0.0000000267. The van der Waals surface area contributed by atoms with Crippen LogP contribution in [-0.2, 0) is 4.79 Å². The molecule has 0 rings (SSSR count). The van der Waals surface area contributed by atoms with Crippen molar-refractivity contribution >= 4 is 43.7 Å². The van der Waals surface area contributed by atoms with E-state index in [1.165, 1.54) is 0 Å². The zero-order valence-corrected chi connectivity index (χ0v) is 5.43. The van der Waals surface area contributed by atoms with E-state index in [0.717, 1.165) is 0 Å². The zero-order valence-electron chi connectivity index (χ0n) is 5.22. The topological polar surface area (TPSA) is 57.5 Å². The average molecular weight is 118 g/mol. The molecule has 0 aliphatic rings. The van der Waals surface area contributed by atoms with Crippen LogP contribution >= 0.6 is 0 Å². The molecule has 0 radical (unpaired) electrons. The Morgan fingerprint density at radius 2 is 2.00 bits per heavy atom. The van der Waals surface area contributed by atoms with Crippen LogP contribution in [0.4, 0.5) is 0 Å². The third-order valence-corrected chi connectivity index (χ3v) is 0.135. The molecular formula is C2H6CaO3. The summed E-state index contributed by atoms with van der Waals surface area (Å²) in [6, 6.07) is 0. The van der Waals surface area contributed by atoms with Crippen LogP contribution < -0.4 is 0 Å². The maximum Gasteiger partial charge on any atom is 2.00 e. The Morgan fingerprint density at radius 3 is 2.00 bits per heavy atom. The summed E-state index contributed by atoms with van der Waals surface area (Å²) in [7, 11) is 0. The quantitative estimate of drug-likeness (QED) is 0.430. The van der Waals surface area contributed by atoms with Crippen LogP contribution in [0.25, 0.3) is 0 Å². The number of hydrogen-bond donors (Lipinski definition) is 2. The molecule has 0 saturated heterocycles. The molecule has 0 aliphatic carbocycles. The predicted molar refractivity (Wildman–Crippen MR) is 22.7 cm³/mol. The van der Waals surface area contributed by atoms with Gasteiger partial charge in [0, 0.05) is 0 Å². The van der Waals surface area contributed by atoms with Gasteiger partial charge in [-0.25, -0.2) is 4.79 Å². The number of carbonyl (C=O) groups is 1. The molecular weight excluding hydrogens is 112 g/mol. The molecule has 0 aromatic carbocycles. The van der Waals surface area contributed by atoms with Crippen LogP contribution in [0, 0.1) is 0 Å². The molecule has 0 bridgehead atoms. The molecule has 34 valence electrons. The summed E-state index contributed by atoms with van der Waals surface area (Å²) >= 11 is 0. The Labute approximate surface area is 67.9 Å². The first-order valence-electron chi connectivity index (χ1n) is 1.10. The summed E-state index contributed by atoms with van der Waals surface area (Å²) in [4.78, 5) is 9.12. The molecule has 3 nitrogen and oxygen atoms in total. The first-order valence-corrected chi connectivity index (χ1v) is 1.10. The maximum atomic E-state index is 9.12. The van der Waals surface area contributed by atoms with E-state index in [9.17, 15) is 0 Å². The number of carboxylic acid groups (broad SMARTS) is 1. The second-order valence-electron chi connectivity index (χ2n) is 0.552. The minimum absolute atomic E-state index is 0. The van der Waals surface area contributed by atoms with Gasteiger partial charge in [-0.3, -0.25) is 0 Å². The van der Waals surface area contributed by atoms with Gasteiger partial charge in [0.25, 0.3) is 0 Å². The second-order valence-corrected chi connectivity index (χ2v) is 0.552. The molecule has 0 aromatic heterocycles. The Bertz CT molecular complexity index is 50.5. The molecule has 6 heavy (non-hydrogen) atoms. The number of aliphatic hydroxyl groups is 1. The van der Waals surface area contributed by atoms with E-state index >= 15 is 0 Å². The molecule has 0 atom stereocenters. The normalized spacial score (nSPS) is 6.17. The molecule has 0 unspecified atom stereocenters. The maximum absolute atomic E-state index is 9.12. The standard InChI is InChI=1S/C2H4O3.Ca.2H/c3-1-2(4)5;;;/h3H,1H2,(H,4,5);;;/q;+2;2*-1. The summed E-state index contributed by atoms with van der Waals surface area (Å²) in [6.07, 6.45) is 0. The molecule has 0 aromatic rings. The summed E-state index contributed by atoms with van der Waals surface area (Å²) in [5.41, 5.74) is 0. The number of aliphatic carboxylic acids is 1. The Morgan fingerprint density at radius 1 is 1.83 bits per heavy atom. The van der Waals surface area contributed by atoms with Crippen molar-refractivity contribution in [2.45, 2.75) is 0 Å². The first kappa shape index (κ1) is 9.85. The van der Waals surface area contributed by atoms with Crippen molar-refractivity contribution < 1.29 is 17.9 Å². The fourth-order valence-electron chi connectivity index (χ4n) is 0. The molecule has 0 fully saturated rings. The van der Waals surface area contributed by atoms with Crippen molar-refractivity contribution in [1.82, 2.24) is 0 Å². The molecule has 4 heteroatoms. The number of hydrogen-bond acceptors (Lipinski definition) is 2. The molecule has 0 spiro atoms. The summed E-state index contributed by atoms with van der Waals surface area (Å²) < 4.78 is 0. The second kappa shape index (κ2) is 5.69. The zero-order chi connectivity index (χ0) is 4.28. The van der Waals surface area contributed by atoms with Gasteiger partial charge in [0.15, 0.2) is 0 Å². The predicted octanol–water partition coefficient (Wildman–Crippen LogP) is -1.09. The van der Waals surface area contributed by atoms with E-state index < -0.39 is 12.6 Å². The van der Waals surface area contributed by atoms with Crippen LogP contribution in [0.15, 0.2) is 0 Å². The first-order chi connectivity index (χ1) is 2.27. The Hall–Kier alpha value is 0.690. The third kappa shape index (κ3) is 8.83. The van der Waals surface area contributed by atoms with Gasteiger partial charge in [0.1, 0.15) is 6.61 Å². The SMILES string of the molecule is O=C(O)CO.[Ca+2].[H-].[H-]. The third-order valence-electron chi connectivity index (χ3n) is 0.135.